The highest BCUT2D eigenvalue weighted by molar-refractivity contribution is 7.13. The van der Waals surface area contributed by atoms with Crippen molar-refractivity contribution in [2.45, 2.75) is 26.5 Å². The van der Waals surface area contributed by atoms with Gasteiger partial charge in [0.25, 0.3) is 0 Å². The van der Waals surface area contributed by atoms with Gasteiger partial charge in [0.2, 0.25) is 0 Å². The first-order valence-corrected chi connectivity index (χ1v) is 12.7. The highest BCUT2D eigenvalue weighted by atomic mass is 32.1. The fourth-order valence-corrected chi connectivity index (χ4v) is 5.09. The molecule has 0 aromatic carbocycles. The van der Waals surface area contributed by atoms with Crippen molar-refractivity contribution in [2.75, 3.05) is 5.32 Å². The Morgan fingerprint density at radius 1 is 1.11 bits per heavy atom. The maximum absolute atomic E-state index is 16.0. The van der Waals surface area contributed by atoms with Crippen molar-refractivity contribution in [3.8, 4) is 33.2 Å². The molecule has 1 atom stereocenters. The summed E-state index contributed by atoms with van der Waals surface area (Å²) in [6.07, 6.45) is 5.91. The number of anilines is 1. The fraction of sp³-hybridized carbons (Fsp3) is 0.192. The molecule has 0 radical (unpaired) electrons. The minimum Gasteiger partial charge on any atom is -0.374 e. The van der Waals surface area contributed by atoms with Crippen LogP contribution < -0.4 is 5.32 Å². The number of aromatic amines is 2. The van der Waals surface area contributed by atoms with E-state index in [4.69, 9.17) is 0 Å². The minimum atomic E-state index is -0.754. The summed E-state index contributed by atoms with van der Waals surface area (Å²) in [7, 11) is 0. The zero-order valence-corrected chi connectivity index (χ0v) is 21.1. The molecule has 192 valence electrons. The number of aliphatic hydroxyl groups excluding tert-OH is 1. The van der Waals surface area contributed by atoms with Gasteiger partial charge in [0, 0.05) is 29.7 Å². The Morgan fingerprint density at radius 2 is 1.97 bits per heavy atom. The molecule has 6 rings (SSSR count). The van der Waals surface area contributed by atoms with Crippen molar-refractivity contribution in [1.29, 1.82) is 0 Å². The lowest BCUT2D eigenvalue weighted by atomic mass is 10.1. The highest BCUT2D eigenvalue weighted by Gasteiger charge is 2.22. The quantitative estimate of drug-likeness (QED) is 0.193. The molecule has 0 spiro atoms. The van der Waals surface area contributed by atoms with Crippen LogP contribution in [0.25, 0.3) is 55.3 Å². The molecule has 0 fully saturated rings. The molecule has 6 heterocycles. The van der Waals surface area contributed by atoms with Gasteiger partial charge in [-0.2, -0.15) is 9.49 Å². The van der Waals surface area contributed by atoms with Crippen LogP contribution in [0, 0.1) is 16.9 Å². The summed E-state index contributed by atoms with van der Waals surface area (Å²) in [6, 6.07) is 6.48. The summed E-state index contributed by atoms with van der Waals surface area (Å²) >= 11 is 0.974. The van der Waals surface area contributed by atoms with Gasteiger partial charge in [0.05, 0.1) is 27.7 Å². The molecule has 0 aliphatic rings. The van der Waals surface area contributed by atoms with E-state index in [0.717, 1.165) is 11.3 Å². The monoisotopic (exact) mass is 532 g/mol. The van der Waals surface area contributed by atoms with Gasteiger partial charge in [-0.25, -0.2) is 14.4 Å². The van der Waals surface area contributed by atoms with Crippen LogP contribution in [0.1, 0.15) is 20.3 Å². The molecular weight excluding hydrogens is 510 g/mol. The SMILES string of the molecule is CC(C)CC(O)Nc1cncc(-c2cnc3n[nH]c(-c4nc5c(-c6ccc(F)s6)nccc5[nH]4)c3c2F)c1. The van der Waals surface area contributed by atoms with Crippen LogP contribution in [0.15, 0.2) is 49.1 Å². The molecule has 6 aromatic rings. The van der Waals surface area contributed by atoms with E-state index in [-0.39, 0.29) is 21.7 Å². The third-order valence-corrected chi connectivity index (χ3v) is 6.92. The van der Waals surface area contributed by atoms with E-state index in [1.807, 2.05) is 13.8 Å². The van der Waals surface area contributed by atoms with E-state index < -0.39 is 12.0 Å². The van der Waals surface area contributed by atoms with Gasteiger partial charge in [-0.05, 0) is 36.6 Å². The van der Waals surface area contributed by atoms with Crippen LogP contribution in [-0.4, -0.2) is 46.5 Å². The molecule has 6 aromatic heterocycles. The average molecular weight is 533 g/mol. The lowest BCUT2D eigenvalue weighted by Gasteiger charge is -2.16. The Kier molecular flexibility index (Phi) is 6.04. The second-order valence-electron chi connectivity index (χ2n) is 9.28. The first kappa shape index (κ1) is 24.1. The van der Waals surface area contributed by atoms with Crippen molar-refractivity contribution in [1.82, 2.24) is 35.1 Å². The number of rotatable bonds is 7. The van der Waals surface area contributed by atoms with Crippen molar-refractivity contribution < 1.29 is 13.9 Å². The van der Waals surface area contributed by atoms with Crippen LogP contribution in [0.3, 0.4) is 0 Å². The van der Waals surface area contributed by atoms with E-state index >= 15 is 4.39 Å². The number of aliphatic hydroxyl groups is 1. The molecule has 1 unspecified atom stereocenters. The number of nitrogens with one attached hydrogen (secondary N) is 3. The number of H-pyrrole nitrogens is 2. The smallest absolute Gasteiger partial charge is 0.184 e. The Hall–Kier alpha value is -4.29. The Labute approximate surface area is 219 Å². The number of fused-ring (bicyclic) bond motifs is 2. The Bertz CT molecular complexity index is 1780. The zero-order valence-electron chi connectivity index (χ0n) is 20.3. The van der Waals surface area contributed by atoms with E-state index in [0.29, 0.717) is 56.7 Å². The predicted molar refractivity (Wildman–Crippen MR) is 142 cm³/mol. The molecule has 0 bridgehead atoms. The van der Waals surface area contributed by atoms with Crippen LogP contribution in [0.4, 0.5) is 14.5 Å². The first-order chi connectivity index (χ1) is 18.4. The van der Waals surface area contributed by atoms with Crippen LogP contribution in [0.2, 0.25) is 0 Å². The van der Waals surface area contributed by atoms with Gasteiger partial charge in [-0.3, -0.25) is 15.1 Å². The maximum Gasteiger partial charge on any atom is 0.184 e. The predicted octanol–water partition coefficient (Wildman–Crippen LogP) is 5.74. The summed E-state index contributed by atoms with van der Waals surface area (Å²) in [4.78, 5) is 21.4. The lowest BCUT2D eigenvalue weighted by molar-refractivity contribution is 0.176. The van der Waals surface area contributed by atoms with Crippen LogP contribution >= 0.6 is 11.3 Å². The maximum atomic E-state index is 16.0. The topological polar surface area (TPSA) is 128 Å². The van der Waals surface area contributed by atoms with Crippen molar-refractivity contribution in [2.24, 2.45) is 5.92 Å². The van der Waals surface area contributed by atoms with Crippen molar-refractivity contribution in [3.63, 3.8) is 0 Å². The number of hydrogen-bond donors (Lipinski definition) is 4. The molecule has 4 N–H and O–H groups in total. The van der Waals surface area contributed by atoms with Gasteiger partial charge < -0.3 is 15.4 Å². The van der Waals surface area contributed by atoms with Crippen LogP contribution in [0.5, 0.6) is 0 Å². The molecule has 0 aliphatic carbocycles. The van der Waals surface area contributed by atoms with Crippen molar-refractivity contribution >= 4 is 39.1 Å². The summed E-state index contributed by atoms with van der Waals surface area (Å²) in [5.74, 6) is 0.102. The normalized spacial score (nSPS) is 12.6. The minimum absolute atomic E-state index is 0.163. The first-order valence-electron chi connectivity index (χ1n) is 11.9. The average Bonchev–Trinajstić information content (AvgIpc) is 3.61. The van der Waals surface area contributed by atoms with E-state index in [1.54, 1.807) is 30.6 Å². The number of thiophene rings is 1. The highest BCUT2D eigenvalue weighted by Crippen LogP contribution is 2.35. The van der Waals surface area contributed by atoms with Gasteiger partial charge >= 0.3 is 0 Å². The number of imidazole rings is 1. The van der Waals surface area contributed by atoms with E-state index in [2.05, 4.69) is 40.4 Å². The van der Waals surface area contributed by atoms with E-state index in [1.165, 1.54) is 18.5 Å². The molecule has 38 heavy (non-hydrogen) atoms. The molecule has 9 nitrogen and oxygen atoms in total. The molecular formula is C26H22F2N8OS. The number of pyridine rings is 3. The number of halogens is 2. The zero-order chi connectivity index (χ0) is 26.4. The third kappa shape index (κ3) is 4.37. The van der Waals surface area contributed by atoms with Crippen molar-refractivity contribution in [3.05, 3.63) is 60.0 Å². The summed E-state index contributed by atoms with van der Waals surface area (Å²) in [5.41, 5.74) is 3.50. The number of aromatic nitrogens is 7. The van der Waals surface area contributed by atoms with Gasteiger partial charge in [-0.15, -0.1) is 11.3 Å². The molecule has 0 saturated carbocycles. The van der Waals surface area contributed by atoms with Gasteiger partial charge in [0.15, 0.2) is 16.6 Å². The van der Waals surface area contributed by atoms with Gasteiger partial charge in [0.1, 0.15) is 28.9 Å². The lowest BCUT2D eigenvalue weighted by Crippen LogP contribution is -2.20. The fourth-order valence-electron chi connectivity index (χ4n) is 4.36. The third-order valence-electron chi connectivity index (χ3n) is 6.04. The summed E-state index contributed by atoms with van der Waals surface area (Å²) in [6.45, 7) is 4.03. The van der Waals surface area contributed by atoms with Crippen LogP contribution in [-0.2, 0) is 0 Å². The summed E-state index contributed by atoms with van der Waals surface area (Å²) in [5, 5.41) is 20.1. The number of hydrogen-bond acceptors (Lipinski definition) is 8. The molecule has 0 amide bonds. The molecule has 12 heteroatoms. The van der Waals surface area contributed by atoms with Gasteiger partial charge in [-0.1, -0.05) is 13.8 Å². The summed E-state index contributed by atoms with van der Waals surface area (Å²) < 4.78 is 29.7. The largest absolute Gasteiger partial charge is 0.374 e. The molecule has 0 aliphatic heterocycles. The van der Waals surface area contributed by atoms with E-state index in [9.17, 15) is 9.50 Å². The number of nitrogens with zero attached hydrogens (tertiary/aromatic N) is 5. The second kappa shape index (κ2) is 9.54. The molecule has 0 saturated heterocycles. The Morgan fingerprint density at radius 3 is 2.76 bits per heavy atom. The Balaban J connectivity index is 1.41. The standard InChI is InChI=1S/C26H22F2N8OS/c1-12(2)7-19(37)32-14-8-13(9-29-10-14)15-11-31-25-20(21(15)28)24(35-36-25)26-33-16-5-6-30-23(22(16)34-26)17-3-4-18(27)38-17/h3-6,8-12,19,32,37H,7H2,1-2H3,(H,33,34)(H,31,35,36). The second-order valence-corrected chi connectivity index (χ2v) is 10.3.